The Balaban J connectivity index is 1.69. The second-order valence-electron chi connectivity index (χ2n) is 6.35. The third-order valence-electron chi connectivity index (χ3n) is 4.25. The summed E-state index contributed by atoms with van der Waals surface area (Å²) in [4.78, 5) is 2.60. The number of rotatable bonds is 8. The van der Waals surface area contributed by atoms with Gasteiger partial charge in [-0.2, -0.15) is 0 Å². The first-order valence-electron chi connectivity index (χ1n) is 8.43. The van der Waals surface area contributed by atoms with E-state index in [-0.39, 0.29) is 0 Å². The summed E-state index contributed by atoms with van der Waals surface area (Å²) >= 11 is 6.04. The van der Waals surface area contributed by atoms with Crippen LogP contribution in [-0.4, -0.2) is 31.1 Å². The summed E-state index contributed by atoms with van der Waals surface area (Å²) in [6, 6.07) is 5.82. The Morgan fingerprint density at radius 1 is 1.41 bits per heavy atom. The van der Waals surface area contributed by atoms with Crippen molar-refractivity contribution in [3.63, 3.8) is 0 Å². The molecule has 0 spiro atoms. The van der Waals surface area contributed by atoms with Crippen molar-refractivity contribution in [1.82, 2.24) is 4.90 Å². The zero-order chi connectivity index (χ0) is 15.8. The maximum Gasteiger partial charge on any atom is 0.122 e. The molecular formula is C19H28ClNO. The second-order valence-corrected chi connectivity index (χ2v) is 6.78. The summed E-state index contributed by atoms with van der Waals surface area (Å²) < 4.78 is 5.93. The largest absolute Gasteiger partial charge is 0.493 e. The first-order chi connectivity index (χ1) is 10.7. The number of hydrogen-bond acceptors (Lipinski definition) is 2. The van der Waals surface area contributed by atoms with E-state index in [0.717, 1.165) is 41.7 Å². The minimum atomic E-state index is 0.753. The summed E-state index contributed by atoms with van der Waals surface area (Å²) in [5.74, 6) is 1.80. The number of likely N-dealkylation sites (tertiary alicyclic amines) is 1. The van der Waals surface area contributed by atoms with Crippen molar-refractivity contribution in [2.24, 2.45) is 5.92 Å². The molecule has 1 fully saturated rings. The third-order valence-corrected chi connectivity index (χ3v) is 4.49. The third kappa shape index (κ3) is 5.66. The van der Waals surface area contributed by atoms with Crippen LogP contribution in [0.1, 0.15) is 38.2 Å². The molecule has 1 aliphatic heterocycles. The lowest BCUT2D eigenvalue weighted by atomic mass is 10.0. The van der Waals surface area contributed by atoms with Crippen LogP contribution in [0, 0.1) is 5.92 Å². The minimum Gasteiger partial charge on any atom is -0.493 e. The van der Waals surface area contributed by atoms with Gasteiger partial charge in [0, 0.05) is 11.6 Å². The molecule has 1 heterocycles. The van der Waals surface area contributed by atoms with E-state index in [4.69, 9.17) is 16.3 Å². The van der Waals surface area contributed by atoms with Gasteiger partial charge in [-0.15, -0.1) is 6.58 Å². The zero-order valence-corrected chi connectivity index (χ0v) is 14.4. The number of allylic oxidation sites excluding steroid dienone is 1. The van der Waals surface area contributed by atoms with Crippen LogP contribution in [0.15, 0.2) is 30.9 Å². The average Bonchev–Trinajstić information content (AvgIpc) is 2.49. The molecule has 3 heteroatoms. The Morgan fingerprint density at radius 2 is 2.27 bits per heavy atom. The highest BCUT2D eigenvalue weighted by molar-refractivity contribution is 6.30. The van der Waals surface area contributed by atoms with Gasteiger partial charge in [-0.05, 0) is 74.9 Å². The summed E-state index contributed by atoms with van der Waals surface area (Å²) in [7, 11) is 0. The fourth-order valence-corrected chi connectivity index (χ4v) is 3.31. The lowest BCUT2D eigenvalue weighted by Gasteiger charge is -2.30. The molecule has 0 aromatic heterocycles. The van der Waals surface area contributed by atoms with E-state index in [2.05, 4.69) is 18.4 Å². The lowest BCUT2D eigenvalue weighted by molar-refractivity contribution is 0.177. The van der Waals surface area contributed by atoms with Crippen LogP contribution < -0.4 is 4.74 Å². The van der Waals surface area contributed by atoms with Crippen LogP contribution in [0.4, 0.5) is 0 Å². The van der Waals surface area contributed by atoms with E-state index in [0.29, 0.717) is 0 Å². The molecule has 0 N–H and O–H groups in total. The fourth-order valence-electron chi connectivity index (χ4n) is 3.11. The van der Waals surface area contributed by atoms with Crippen LogP contribution in [0.2, 0.25) is 5.02 Å². The smallest absolute Gasteiger partial charge is 0.122 e. The highest BCUT2D eigenvalue weighted by Crippen LogP contribution is 2.24. The maximum atomic E-state index is 6.04. The van der Waals surface area contributed by atoms with E-state index in [1.807, 2.05) is 24.3 Å². The molecule has 2 rings (SSSR count). The predicted molar refractivity (Wildman–Crippen MR) is 94.9 cm³/mol. The monoisotopic (exact) mass is 321 g/mol. The van der Waals surface area contributed by atoms with Crippen LogP contribution >= 0.6 is 11.6 Å². The first-order valence-corrected chi connectivity index (χ1v) is 8.81. The molecule has 0 amide bonds. The molecule has 1 aromatic carbocycles. The van der Waals surface area contributed by atoms with E-state index >= 15 is 0 Å². The van der Waals surface area contributed by atoms with Gasteiger partial charge in [-0.3, -0.25) is 0 Å². The van der Waals surface area contributed by atoms with Gasteiger partial charge >= 0.3 is 0 Å². The molecule has 1 atom stereocenters. The topological polar surface area (TPSA) is 12.5 Å². The van der Waals surface area contributed by atoms with E-state index < -0.39 is 0 Å². The first kappa shape index (κ1) is 17.4. The lowest BCUT2D eigenvalue weighted by Crippen LogP contribution is -2.35. The number of unbranched alkanes of at least 4 members (excludes halogenated alkanes) is 1. The summed E-state index contributed by atoms with van der Waals surface area (Å²) in [5, 5.41) is 0.753. The van der Waals surface area contributed by atoms with Crippen molar-refractivity contribution < 1.29 is 4.74 Å². The average molecular weight is 322 g/mol. The standard InChI is InChI=1S/C19H28ClNO/c1-3-7-17-14-18(20)9-10-19(17)22-13-5-4-11-21-12-6-8-16(2)15-21/h3,9-10,14,16H,1,4-8,11-13,15H2,2H3. The minimum absolute atomic E-state index is 0.753. The molecule has 1 unspecified atom stereocenters. The Bertz CT molecular complexity index is 475. The molecule has 122 valence electrons. The van der Waals surface area contributed by atoms with Crippen molar-refractivity contribution in [3.8, 4) is 5.75 Å². The molecule has 0 saturated carbocycles. The molecule has 0 radical (unpaired) electrons. The van der Waals surface area contributed by atoms with Crippen molar-refractivity contribution in [2.75, 3.05) is 26.2 Å². The van der Waals surface area contributed by atoms with E-state index in [1.165, 1.54) is 38.9 Å². The number of hydrogen-bond donors (Lipinski definition) is 0. The Kier molecular flexibility index (Phi) is 7.28. The molecule has 1 saturated heterocycles. The van der Waals surface area contributed by atoms with Gasteiger partial charge in [0.15, 0.2) is 0 Å². The van der Waals surface area contributed by atoms with Crippen LogP contribution in [-0.2, 0) is 6.42 Å². The van der Waals surface area contributed by atoms with Crippen molar-refractivity contribution in [3.05, 3.63) is 41.4 Å². The number of benzene rings is 1. The van der Waals surface area contributed by atoms with Gasteiger partial charge in [0.2, 0.25) is 0 Å². The molecule has 22 heavy (non-hydrogen) atoms. The van der Waals surface area contributed by atoms with Gasteiger partial charge in [-0.1, -0.05) is 24.6 Å². The van der Waals surface area contributed by atoms with E-state index in [9.17, 15) is 0 Å². The van der Waals surface area contributed by atoms with Crippen molar-refractivity contribution in [2.45, 2.75) is 39.0 Å². The SMILES string of the molecule is C=CCc1cc(Cl)ccc1OCCCCN1CCCC(C)C1. The highest BCUT2D eigenvalue weighted by Gasteiger charge is 2.15. The molecular weight excluding hydrogens is 294 g/mol. The quantitative estimate of drug-likeness (QED) is 0.495. The van der Waals surface area contributed by atoms with Crippen molar-refractivity contribution in [1.29, 1.82) is 0 Å². The molecule has 0 aliphatic carbocycles. The number of nitrogens with zero attached hydrogens (tertiary/aromatic N) is 1. The van der Waals surface area contributed by atoms with Gasteiger partial charge < -0.3 is 9.64 Å². The number of ether oxygens (including phenoxy) is 1. The number of halogens is 1. The van der Waals surface area contributed by atoms with Crippen molar-refractivity contribution >= 4 is 11.6 Å². The predicted octanol–water partition coefficient (Wildman–Crippen LogP) is 4.96. The van der Waals surface area contributed by atoms with Crippen LogP contribution in [0.5, 0.6) is 5.75 Å². The van der Waals surface area contributed by atoms with Crippen LogP contribution in [0.25, 0.3) is 0 Å². The summed E-state index contributed by atoms with van der Waals surface area (Å²) in [5.41, 5.74) is 1.12. The van der Waals surface area contributed by atoms with E-state index in [1.54, 1.807) is 0 Å². The second kappa shape index (κ2) is 9.22. The van der Waals surface area contributed by atoms with Gasteiger partial charge in [0.05, 0.1) is 6.61 Å². The summed E-state index contributed by atoms with van der Waals surface area (Å²) in [6.45, 7) is 10.7. The molecule has 0 bridgehead atoms. The molecule has 1 aliphatic rings. The Morgan fingerprint density at radius 3 is 3.05 bits per heavy atom. The van der Waals surface area contributed by atoms with Gasteiger partial charge in [-0.25, -0.2) is 0 Å². The molecule has 1 aromatic rings. The molecule has 2 nitrogen and oxygen atoms in total. The summed E-state index contributed by atoms with van der Waals surface area (Å²) in [6.07, 6.45) is 7.73. The number of piperidine rings is 1. The fraction of sp³-hybridized carbons (Fsp3) is 0.579. The normalized spacial score (nSPS) is 19.1. The Hall–Kier alpha value is -0.990. The van der Waals surface area contributed by atoms with Gasteiger partial charge in [0.25, 0.3) is 0 Å². The Labute approximate surface area is 140 Å². The maximum absolute atomic E-state index is 6.04. The highest BCUT2D eigenvalue weighted by atomic mass is 35.5. The van der Waals surface area contributed by atoms with Gasteiger partial charge in [0.1, 0.15) is 5.75 Å². The zero-order valence-electron chi connectivity index (χ0n) is 13.7. The van der Waals surface area contributed by atoms with Crippen LogP contribution in [0.3, 0.4) is 0 Å².